The number of para-hydroxylation sites is 1. The highest BCUT2D eigenvalue weighted by Crippen LogP contribution is 2.50. The summed E-state index contributed by atoms with van der Waals surface area (Å²) in [5, 5.41) is 0. The molecule has 0 aliphatic carbocycles. The van der Waals surface area contributed by atoms with E-state index in [4.69, 9.17) is 4.74 Å². The molecule has 5 rings (SSSR count). The summed E-state index contributed by atoms with van der Waals surface area (Å²) < 4.78 is 6.32. The molecule has 0 aromatic heterocycles. The second kappa shape index (κ2) is 8.98. The maximum absolute atomic E-state index is 14.2. The Hall–Kier alpha value is -3.60. The van der Waals surface area contributed by atoms with Crippen molar-refractivity contribution in [3.8, 4) is 5.75 Å². The van der Waals surface area contributed by atoms with Crippen LogP contribution in [0.3, 0.4) is 0 Å². The van der Waals surface area contributed by atoms with Gasteiger partial charge in [-0.05, 0) is 36.6 Å². The van der Waals surface area contributed by atoms with Crippen LogP contribution in [0.15, 0.2) is 84.9 Å². The van der Waals surface area contributed by atoms with Gasteiger partial charge >= 0.3 is 0 Å². The van der Waals surface area contributed by atoms with Crippen LogP contribution in [-0.4, -0.2) is 33.9 Å². The van der Waals surface area contributed by atoms with Crippen molar-refractivity contribution in [3.05, 3.63) is 102 Å². The molecule has 5 heteroatoms. The standard InChI is InChI=1S/C29H30N2O3/c1-3-31-28(33)26(24-18-29(31,2)34-25-17-11-10-16-23(24)25)27(32)30(19-21-12-6-4-7-13-21)20-22-14-8-5-9-15-22/h4-17,24,26H,3,18-20H2,1-2H3/t24-,26-,29-/m0/s1. The van der Waals surface area contributed by atoms with Gasteiger partial charge in [-0.25, -0.2) is 0 Å². The third-order valence-corrected chi connectivity index (χ3v) is 7.08. The van der Waals surface area contributed by atoms with Gasteiger partial charge in [0.1, 0.15) is 11.7 Å². The highest BCUT2D eigenvalue weighted by Gasteiger charge is 2.56. The molecular formula is C29H30N2O3. The number of hydrogen-bond acceptors (Lipinski definition) is 3. The fourth-order valence-corrected chi connectivity index (χ4v) is 5.50. The Morgan fingerprint density at radius 3 is 2.09 bits per heavy atom. The van der Waals surface area contributed by atoms with Crippen LogP contribution in [0.2, 0.25) is 0 Å². The van der Waals surface area contributed by atoms with Crippen molar-refractivity contribution in [1.29, 1.82) is 0 Å². The van der Waals surface area contributed by atoms with Crippen LogP contribution in [0.5, 0.6) is 5.75 Å². The number of carbonyl (C=O) groups is 2. The molecule has 3 atom stereocenters. The fraction of sp³-hybridized carbons (Fsp3) is 0.310. The minimum absolute atomic E-state index is 0.125. The second-order valence-corrected chi connectivity index (χ2v) is 9.35. The largest absolute Gasteiger partial charge is 0.468 e. The Morgan fingerprint density at radius 2 is 1.50 bits per heavy atom. The topological polar surface area (TPSA) is 49.9 Å². The molecule has 174 valence electrons. The van der Waals surface area contributed by atoms with Crippen molar-refractivity contribution >= 4 is 11.8 Å². The van der Waals surface area contributed by atoms with Gasteiger partial charge < -0.3 is 14.5 Å². The Balaban J connectivity index is 1.54. The Morgan fingerprint density at radius 1 is 0.941 bits per heavy atom. The van der Waals surface area contributed by atoms with Crippen LogP contribution >= 0.6 is 0 Å². The van der Waals surface area contributed by atoms with Gasteiger partial charge in [-0.2, -0.15) is 0 Å². The zero-order valence-electron chi connectivity index (χ0n) is 19.7. The average Bonchev–Trinajstić information content (AvgIpc) is 2.84. The SMILES string of the molecule is CCN1C(=O)[C@H](C(=O)N(Cc2ccccc2)Cc2ccccc2)[C@H]2C[C@]1(C)Oc1ccccc12. The summed E-state index contributed by atoms with van der Waals surface area (Å²) in [4.78, 5) is 31.6. The van der Waals surface area contributed by atoms with Gasteiger partial charge in [-0.1, -0.05) is 78.9 Å². The maximum Gasteiger partial charge on any atom is 0.238 e. The first kappa shape index (κ1) is 22.2. The summed E-state index contributed by atoms with van der Waals surface area (Å²) in [6, 6.07) is 27.8. The molecule has 0 spiro atoms. The number of carbonyl (C=O) groups excluding carboxylic acids is 2. The Bertz CT molecular complexity index is 1140. The Kier molecular flexibility index (Phi) is 5.86. The molecule has 2 bridgehead atoms. The second-order valence-electron chi connectivity index (χ2n) is 9.35. The lowest BCUT2D eigenvalue weighted by atomic mass is 9.73. The van der Waals surface area contributed by atoms with Crippen LogP contribution in [0.4, 0.5) is 0 Å². The van der Waals surface area contributed by atoms with Crippen molar-refractivity contribution < 1.29 is 14.3 Å². The highest BCUT2D eigenvalue weighted by molar-refractivity contribution is 6.02. The van der Waals surface area contributed by atoms with E-state index in [0.29, 0.717) is 26.1 Å². The molecule has 3 aromatic rings. The lowest BCUT2D eigenvalue weighted by molar-refractivity contribution is -0.178. The highest BCUT2D eigenvalue weighted by atomic mass is 16.5. The number of nitrogens with zero attached hydrogens (tertiary/aromatic N) is 2. The van der Waals surface area contributed by atoms with E-state index in [9.17, 15) is 9.59 Å². The van der Waals surface area contributed by atoms with Gasteiger partial charge in [0.05, 0.1) is 0 Å². The predicted octanol–water partition coefficient (Wildman–Crippen LogP) is 4.98. The molecular weight excluding hydrogens is 424 g/mol. The molecule has 0 unspecified atom stereocenters. The van der Waals surface area contributed by atoms with Crippen molar-refractivity contribution in [2.24, 2.45) is 5.92 Å². The van der Waals surface area contributed by atoms with Crippen molar-refractivity contribution in [3.63, 3.8) is 0 Å². The molecule has 0 radical (unpaired) electrons. The summed E-state index contributed by atoms with van der Waals surface area (Å²) in [5.74, 6) is -0.494. The summed E-state index contributed by atoms with van der Waals surface area (Å²) in [6.07, 6.45) is 0.602. The van der Waals surface area contributed by atoms with Gasteiger partial charge in [0.15, 0.2) is 5.72 Å². The van der Waals surface area contributed by atoms with E-state index in [1.54, 1.807) is 4.90 Å². The molecule has 3 aromatic carbocycles. The van der Waals surface area contributed by atoms with E-state index >= 15 is 0 Å². The minimum atomic E-state index is -0.773. The fourth-order valence-electron chi connectivity index (χ4n) is 5.50. The van der Waals surface area contributed by atoms with E-state index in [1.807, 2.05) is 104 Å². The van der Waals surface area contributed by atoms with Crippen molar-refractivity contribution in [2.45, 2.75) is 45.0 Å². The summed E-state index contributed by atoms with van der Waals surface area (Å²) in [7, 11) is 0. The summed E-state index contributed by atoms with van der Waals surface area (Å²) in [6.45, 7) is 5.30. The third kappa shape index (κ3) is 3.96. The van der Waals surface area contributed by atoms with Gasteiger partial charge in [0, 0.05) is 32.0 Å². The summed E-state index contributed by atoms with van der Waals surface area (Å²) in [5.41, 5.74) is 2.28. The van der Waals surface area contributed by atoms with Crippen LogP contribution in [0, 0.1) is 5.92 Å². The van der Waals surface area contributed by atoms with Crippen LogP contribution < -0.4 is 4.74 Å². The monoisotopic (exact) mass is 454 g/mol. The maximum atomic E-state index is 14.2. The molecule has 2 amide bonds. The van der Waals surface area contributed by atoms with Gasteiger partial charge in [-0.3, -0.25) is 9.59 Å². The van der Waals surface area contributed by atoms with E-state index < -0.39 is 11.6 Å². The molecule has 0 N–H and O–H groups in total. The van der Waals surface area contributed by atoms with Crippen molar-refractivity contribution in [2.75, 3.05) is 6.54 Å². The molecule has 2 heterocycles. The molecule has 2 aliphatic rings. The first-order chi connectivity index (χ1) is 16.5. The van der Waals surface area contributed by atoms with E-state index in [0.717, 1.165) is 22.4 Å². The zero-order chi connectivity index (χ0) is 23.7. The third-order valence-electron chi connectivity index (χ3n) is 7.08. The smallest absolute Gasteiger partial charge is 0.238 e. The quantitative estimate of drug-likeness (QED) is 0.494. The number of hydrogen-bond donors (Lipinski definition) is 0. The first-order valence-corrected chi connectivity index (χ1v) is 12.0. The average molecular weight is 455 g/mol. The number of likely N-dealkylation sites (tertiary alicyclic amines) is 1. The molecule has 1 saturated heterocycles. The number of benzene rings is 3. The van der Waals surface area contributed by atoms with E-state index in [-0.39, 0.29) is 17.7 Å². The normalized spacial score (nSPS) is 23.1. The van der Waals surface area contributed by atoms with Crippen molar-refractivity contribution in [1.82, 2.24) is 9.80 Å². The molecule has 34 heavy (non-hydrogen) atoms. The van der Waals surface area contributed by atoms with Crippen LogP contribution in [0.1, 0.15) is 42.9 Å². The number of piperidine rings is 1. The number of amides is 2. The zero-order valence-corrected chi connectivity index (χ0v) is 19.7. The molecule has 1 fully saturated rings. The van der Waals surface area contributed by atoms with Gasteiger partial charge in [0.25, 0.3) is 0 Å². The molecule has 0 saturated carbocycles. The van der Waals surface area contributed by atoms with Crippen LogP contribution in [0.25, 0.3) is 0 Å². The summed E-state index contributed by atoms with van der Waals surface area (Å²) >= 11 is 0. The number of fused-ring (bicyclic) bond motifs is 4. The van der Waals surface area contributed by atoms with Gasteiger partial charge in [-0.15, -0.1) is 0 Å². The van der Waals surface area contributed by atoms with E-state index in [1.165, 1.54) is 0 Å². The minimum Gasteiger partial charge on any atom is -0.468 e. The predicted molar refractivity (Wildman–Crippen MR) is 131 cm³/mol. The molecule has 5 nitrogen and oxygen atoms in total. The van der Waals surface area contributed by atoms with E-state index in [2.05, 4.69) is 0 Å². The molecule has 2 aliphatic heterocycles. The number of ether oxygens (including phenoxy) is 1. The van der Waals surface area contributed by atoms with Crippen LogP contribution in [-0.2, 0) is 22.7 Å². The van der Waals surface area contributed by atoms with Gasteiger partial charge in [0.2, 0.25) is 11.8 Å². The lowest BCUT2D eigenvalue weighted by Crippen LogP contribution is -2.64. The lowest BCUT2D eigenvalue weighted by Gasteiger charge is -2.53. The number of rotatable bonds is 6. The Labute approximate surface area is 201 Å². The first-order valence-electron chi connectivity index (χ1n) is 12.0.